The summed E-state index contributed by atoms with van der Waals surface area (Å²) in [6.07, 6.45) is 1.48. The smallest absolute Gasteiger partial charge is 0.387 e. The van der Waals surface area contributed by atoms with Crippen molar-refractivity contribution in [2.75, 3.05) is 31.8 Å². The molecule has 0 bridgehead atoms. The molecule has 1 heterocycles. The molecule has 0 unspecified atom stereocenters. The number of ether oxygens (including phenoxy) is 2. The molecule has 0 fully saturated rings. The highest BCUT2D eigenvalue weighted by atomic mass is 19.3. The van der Waals surface area contributed by atoms with E-state index >= 15 is 0 Å². The SMILES string of the molecule is COc1cc(/C=C(\C#N)c2nc(N)nc(N(C)C)n2)ccc1OC(F)F. The van der Waals surface area contributed by atoms with Crippen LogP contribution in [0.5, 0.6) is 11.5 Å². The lowest BCUT2D eigenvalue weighted by Gasteiger charge is -2.11. The van der Waals surface area contributed by atoms with E-state index in [2.05, 4.69) is 19.7 Å². The Morgan fingerprint density at radius 3 is 2.58 bits per heavy atom. The van der Waals surface area contributed by atoms with Crippen molar-refractivity contribution in [3.8, 4) is 17.6 Å². The number of nitrogens with zero attached hydrogens (tertiary/aromatic N) is 5. The highest BCUT2D eigenvalue weighted by Gasteiger charge is 2.13. The van der Waals surface area contributed by atoms with Gasteiger partial charge in [0.05, 0.1) is 12.7 Å². The van der Waals surface area contributed by atoms with Crippen molar-refractivity contribution in [3.05, 3.63) is 29.6 Å². The second kappa shape index (κ2) is 8.06. The Bertz CT molecular complexity index is 864. The largest absolute Gasteiger partial charge is 0.493 e. The predicted octanol–water partition coefficient (Wildman–Crippen LogP) is 2.19. The Morgan fingerprint density at radius 2 is 2.00 bits per heavy atom. The molecule has 26 heavy (non-hydrogen) atoms. The summed E-state index contributed by atoms with van der Waals surface area (Å²) < 4.78 is 34.2. The first-order valence-corrected chi connectivity index (χ1v) is 7.28. The van der Waals surface area contributed by atoms with Gasteiger partial charge >= 0.3 is 6.61 Å². The van der Waals surface area contributed by atoms with Gasteiger partial charge in [0, 0.05) is 14.1 Å². The molecular weight excluding hydrogens is 346 g/mol. The number of nitrogen functional groups attached to an aromatic ring is 1. The number of benzene rings is 1. The molecule has 2 aromatic rings. The molecule has 0 amide bonds. The van der Waals surface area contributed by atoms with Crippen molar-refractivity contribution < 1.29 is 18.3 Å². The van der Waals surface area contributed by atoms with E-state index in [1.54, 1.807) is 19.0 Å². The van der Waals surface area contributed by atoms with Gasteiger partial charge in [0.15, 0.2) is 17.3 Å². The first-order valence-electron chi connectivity index (χ1n) is 7.28. The minimum atomic E-state index is -2.97. The second-order valence-electron chi connectivity index (χ2n) is 5.17. The average molecular weight is 362 g/mol. The number of methoxy groups -OCH3 is 1. The van der Waals surface area contributed by atoms with Crippen LogP contribution < -0.4 is 20.1 Å². The molecule has 2 N–H and O–H groups in total. The van der Waals surface area contributed by atoms with Crippen LogP contribution in [0.3, 0.4) is 0 Å². The van der Waals surface area contributed by atoms with Crippen LogP contribution in [0, 0.1) is 11.3 Å². The van der Waals surface area contributed by atoms with E-state index in [4.69, 9.17) is 10.5 Å². The van der Waals surface area contributed by atoms with Crippen LogP contribution in [-0.4, -0.2) is 42.8 Å². The summed E-state index contributed by atoms with van der Waals surface area (Å²) in [5.41, 5.74) is 6.28. The summed E-state index contributed by atoms with van der Waals surface area (Å²) >= 11 is 0. The van der Waals surface area contributed by atoms with Gasteiger partial charge in [0.25, 0.3) is 0 Å². The highest BCUT2D eigenvalue weighted by Crippen LogP contribution is 2.30. The van der Waals surface area contributed by atoms with Crippen molar-refractivity contribution in [1.82, 2.24) is 15.0 Å². The third-order valence-corrected chi connectivity index (χ3v) is 3.12. The maximum atomic E-state index is 12.4. The van der Waals surface area contributed by atoms with Gasteiger partial charge in [-0.1, -0.05) is 6.07 Å². The van der Waals surface area contributed by atoms with Crippen LogP contribution in [0.15, 0.2) is 18.2 Å². The number of rotatable bonds is 6. The van der Waals surface area contributed by atoms with Gasteiger partial charge in [0.1, 0.15) is 6.07 Å². The number of nitrogens with two attached hydrogens (primary N) is 1. The number of hydrogen-bond donors (Lipinski definition) is 1. The van der Waals surface area contributed by atoms with Crippen LogP contribution in [-0.2, 0) is 0 Å². The summed E-state index contributed by atoms with van der Waals surface area (Å²) in [4.78, 5) is 13.7. The summed E-state index contributed by atoms with van der Waals surface area (Å²) in [5.74, 6) is 0.346. The van der Waals surface area contributed by atoms with E-state index in [1.165, 1.54) is 31.4 Å². The topological polar surface area (TPSA) is 110 Å². The van der Waals surface area contributed by atoms with Crippen molar-refractivity contribution in [2.24, 2.45) is 0 Å². The zero-order valence-electron chi connectivity index (χ0n) is 14.3. The molecule has 1 aromatic heterocycles. The van der Waals surface area contributed by atoms with Gasteiger partial charge in [-0.3, -0.25) is 0 Å². The average Bonchev–Trinajstić information content (AvgIpc) is 2.59. The van der Waals surface area contributed by atoms with E-state index in [9.17, 15) is 14.0 Å². The maximum absolute atomic E-state index is 12.4. The summed E-state index contributed by atoms with van der Waals surface area (Å²) in [7, 11) is 4.77. The van der Waals surface area contributed by atoms with E-state index in [0.717, 1.165) is 0 Å². The van der Waals surface area contributed by atoms with Crippen molar-refractivity contribution >= 4 is 23.5 Å². The molecule has 1 aromatic carbocycles. The lowest BCUT2D eigenvalue weighted by atomic mass is 10.1. The highest BCUT2D eigenvalue weighted by molar-refractivity contribution is 5.87. The molecule has 0 aliphatic carbocycles. The third kappa shape index (κ3) is 4.54. The van der Waals surface area contributed by atoms with Gasteiger partial charge in [-0.25, -0.2) is 0 Å². The summed E-state index contributed by atoms with van der Waals surface area (Å²) in [6.45, 7) is -2.97. The summed E-state index contributed by atoms with van der Waals surface area (Å²) in [5, 5.41) is 9.43. The lowest BCUT2D eigenvalue weighted by molar-refractivity contribution is -0.0512. The molecule has 2 rings (SSSR count). The van der Waals surface area contributed by atoms with Gasteiger partial charge in [-0.15, -0.1) is 0 Å². The number of nitriles is 1. The first-order chi connectivity index (χ1) is 12.3. The minimum absolute atomic E-state index is 0.0295. The molecule has 0 saturated carbocycles. The number of alkyl halides is 2. The Labute approximate surface area is 148 Å². The number of aromatic nitrogens is 3. The molecule has 0 spiro atoms. The van der Waals surface area contributed by atoms with Gasteiger partial charge in [-0.2, -0.15) is 29.0 Å². The van der Waals surface area contributed by atoms with Crippen LogP contribution in [0.25, 0.3) is 11.6 Å². The molecule has 0 aliphatic rings. The molecule has 136 valence electrons. The van der Waals surface area contributed by atoms with Crippen molar-refractivity contribution in [2.45, 2.75) is 6.61 Å². The number of halogens is 2. The Morgan fingerprint density at radius 1 is 1.27 bits per heavy atom. The van der Waals surface area contributed by atoms with Crippen molar-refractivity contribution in [3.63, 3.8) is 0 Å². The Kier molecular flexibility index (Phi) is 5.85. The van der Waals surface area contributed by atoms with E-state index in [-0.39, 0.29) is 28.8 Å². The van der Waals surface area contributed by atoms with Crippen LogP contribution in [0.2, 0.25) is 0 Å². The number of allylic oxidation sites excluding steroid dienone is 1. The van der Waals surface area contributed by atoms with Crippen LogP contribution in [0.1, 0.15) is 11.4 Å². The molecule has 10 heteroatoms. The first kappa shape index (κ1) is 18.9. The molecular formula is C16H16F2N6O2. The standard InChI is InChI=1S/C16H16F2N6O2/c1-24(2)16-22-13(21-15(20)23-16)10(8-19)6-9-4-5-11(26-14(17)18)12(7-9)25-3/h4-7,14H,1-3H3,(H2,20,21,22,23)/b10-6+. The number of hydrogen-bond acceptors (Lipinski definition) is 8. The van der Waals surface area contributed by atoms with E-state index < -0.39 is 6.61 Å². The van der Waals surface area contributed by atoms with Gasteiger partial charge < -0.3 is 20.1 Å². The fraction of sp³-hybridized carbons (Fsp3) is 0.250. The molecule has 8 nitrogen and oxygen atoms in total. The zero-order chi connectivity index (χ0) is 19.3. The predicted molar refractivity (Wildman–Crippen MR) is 91.7 cm³/mol. The second-order valence-corrected chi connectivity index (χ2v) is 5.17. The van der Waals surface area contributed by atoms with Crippen LogP contribution >= 0.6 is 0 Å². The molecule has 0 atom stereocenters. The lowest BCUT2D eigenvalue weighted by Crippen LogP contribution is -2.15. The maximum Gasteiger partial charge on any atom is 0.387 e. The van der Waals surface area contributed by atoms with Crippen LogP contribution in [0.4, 0.5) is 20.7 Å². The summed E-state index contributed by atoms with van der Waals surface area (Å²) in [6, 6.07) is 6.25. The fourth-order valence-electron chi connectivity index (χ4n) is 1.98. The van der Waals surface area contributed by atoms with E-state index in [1.807, 2.05) is 6.07 Å². The quantitative estimate of drug-likeness (QED) is 0.779. The minimum Gasteiger partial charge on any atom is -0.493 e. The van der Waals surface area contributed by atoms with Crippen molar-refractivity contribution in [1.29, 1.82) is 5.26 Å². The van der Waals surface area contributed by atoms with E-state index in [0.29, 0.717) is 11.5 Å². The normalized spacial score (nSPS) is 11.2. The Balaban J connectivity index is 2.45. The molecule has 0 saturated heterocycles. The molecule has 0 aliphatic heterocycles. The monoisotopic (exact) mass is 362 g/mol. The molecule has 0 radical (unpaired) electrons. The third-order valence-electron chi connectivity index (χ3n) is 3.12. The number of anilines is 2. The van der Waals surface area contributed by atoms with Gasteiger partial charge in [0.2, 0.25) is 11.9 Å². The Hall–Kier alpha value is -3.48. The van der Waals surface area contributed by atoms with Gasteiger partial charge in [-0.05, 0) is 23.8 Å². The fourth-order valence-corrected chi connectivity index (χ4v) is 1.98. The zero-order valence-corrected chi connectivity index (χ0v) is 14.3.